The van der Waals surface area contributed by atoms with E-state index >= 15 is 0 Å². The zero-order valence-electron chi connectivity index (χ0n) is 10.7. The summed E-state index contributed by atoms with van der Waals surface area (Å²) in [4.78, 5) is 13.7. The maximum atomic E-state index is 11.1. The number of hydrogen-bond acceptors (Lipinski definition) is 3. The molecule has 3 rings (SSSR count). The minimum absolute atomic E-state index is 0.444. The van der Waals surface area contributed by atoms with Crippen LogP contribution in [0.5, 0.6) is 0 Å². The summed E-state index contributed by atoms with van der Waals surface area (Å²) in [6, 6.07) is 10.9. The number of rotatable bonds is 2. The van der Waals surface area contributed by atoms with Crippen molar-refractivity contribution in [1.29, 1.82) is 0 Å². The number of aliphatic hydroxyl groups excluding tert-OH is 1. The van der Waals surface area contributed by atoms with Crippen LogP contribution in [0.1, 0.15) is 22.8 Å². The molecule has 2 N–H and O–H groups in total. The van der Waals surface area contributed by atoms with Crippen LogP contribution in [-0.4, -0.2) is 10.1 Å². The molecule has 1 unspecified atom stereocenters. The Morgan fingerprint density at radius 1 is 1.25 bits per heavy atom. The Kier molecular flexibility index (Phi) is 3.23. The Labute approximate surface area is 123 Å². The molecule has 1 atom stereocenters. The van der Waals surface area contributed by atoms with Gasteiger partial charge in [0.1, 0.15) is 6.10 Å². The van der Waals surface area contributed by atoms with Gasteiger partial charge < -0.3 is 9.52 Å². The van der Waals surface area contributed by atoms with Crippen molar-refractivity contribution in [2.24, 2.45) is 0 Å². The summed E-state index contributed by atoms with van der Waals surface area (Å²) in [5, 5.41) is 10.5. The number of oxazole rings is 1. The smallest absolute Gasteiger partial charge is 0.408 e. The first-order valence-corrected chi connectivity index (χ1v) is 6.91. The molecule has 0 aliphatic carbocycles. The quantitative estimate of drug-likeness (QED) is 0.756. The van der Waals surface area contributed by atoms with E-state index in [1.54, 1.807) is 18.2 Å². The van der Waals surface area contributed by atoms with E-state index in [4.69, 9.17) is 4.42 Å². The summed E-state index contributed by atoms with van der Waals surface area (Å²) in [6.45, 7) is 1.94. The summed E-state index contributed by atoms with van der Waals surface area (Å²) in [5.74, 6) is -0.495. The molecule has 0 amide bonds. The lowest BCUT2D eigenvalue weighted by atomic mass is 9.97. The van der Waals surface area contributed by atoms with Gasteiger partial charge in [-0.1, -0.05) is 28.1 Å². The van der Waals surface area contributed by atoms with E-state index in [0.29, 0.717) is 16.7 Å². The lowest BCUT2D eigenvalue weighted by Crippen LogP contribution is -2.02. The van der Waals surface area contributed by atoms with Crippen LogP contribution in [0.15, 0.2) is 50.1 Å². The summed E-state index contributed by atoms with van der Waals surface area (Å²) < 4.78 is 5.93. The van der Waals surface area contributed by atoms with Gasteiger partial charge in [-0.05, 0) is 47.9 Å². The highest BCUT2D eigenvalue weighted by atomic mass is 79.9. The molecule has 0 saturated heterocycles. The molecule has 0 fully saturated rings. The van der Waals surface area contributed by atoms with Crippen molar-refractivity contribution in [2.45, 2.75) is 13.0 Å². The highest BCUT2D eigenvalue weighted by Gasteiger charge is 2.15. The number of aliphatic hydroxyl groups is 1. The van der Waals surface area contributed by atoms with E-state index in [1.165, 1.54) is 0 Å². The van der Waals surface area contributed by atoms with Gasteiger partial charge in [-0.3, -0.25) is 4.98 Å². The Bertz CT molecular complexity index is 834. The summed E-state index contributed by atoms with van der Waals surface area (Å²) in [7, 11) is 0. The van der Waals surface area contributed by atoms with E-state index in [0.717, 1.165) is 15.6 Å². The van der Waals surface area contributed by atoms with Crippen molar-refractivity contribution < 1.29 is 9.52 Å². The van der Waals surface area contributed by atoms with Crippen molar-refractivity contribution in [3.8, 4) is 0 Å². The van der Waals surface area contributed by atoms with Gasteiger partial charge in [-0.25, -0.2) is 4.79 Å². The number of nitrogens with one attached hydrogen (secondary N) is 1. The molecule has 1 aromatic heterocycles. The third-order valence-corrected chi connectivity index (χ3v) is 3.79. The van der Waals surface area contributed by atoms with Gasteiger partial charge in [-0.15, -0.1) is 0 Å². The van der Waals surface area contributed by atoms with Gasteiger partial charge in [0, 0.05) is 4.47 Å². The van der Waals surface area contributed by atoms with E-state index in [-0.39, 0.29) is 0 Å². The Morgan fingerprint density at radius 2 is 2.05 bits per heavy atom. The normalized spacial score (nSPS) is 12.8. The first-order valence-electron chi connectivity index (χ1n) is 6.11. The van der Waals surface area contributed by atoms with Gasteiger partial charge in [0.25, 0.3) is 0 Å². The van der Waals surface area contributed by atoms with Crippen LogP contribution in [-0.2, 0) is 0 Å². The lowest BCUT2D eigenvalue weighted by molar-refractivity contribution is 0.219. The molecule has 0 aliphatic rings. The zero-order valence-corrected chi connectivity index (χ0v) is 12.3. The number of hydrogen-bond donors (Lipinski definition) is 2. The molecule has 4 nitrogen and oxygen atoms in total. The standard InChI is InChI=1S/C15H12BrNO3/c1-8-2-4-10(16)7-11(8)14(18)9-3-5-12-13(6-9)20-15(19)17-12/h2-7,14,18H,1H3,(H,17,19). The molecule has 0 aliphatic heterocycles. The van der Waals surface area contributed by atoms with Gasteiger partial charge in [0.15, 0.2) is 5.58 Å². The van der Waals surface area contributed by atoms with Crippen LogP contribution in [0.25, 0.3) is 11.1 Å². The monoisotopic (exact) mass is 333 g/mol. The van der Waals surface area contributed by atoms with Crippen molar-refractivity contribution in [2.75, 3.05) is 0 Å². The SMILES string of the molecule is Cc1ccc(Br)cc1C(O)c1ccc2[nH]c(=O)oc2c1. The fraction of sp³-hybridized carbons (Fsp3) is 0.133. The number of H-pyrrole nitrogens is 1. The number of aromatic nitrogens is 1. The number of fused-ring (bicyclic) bond motifs is 1. The molecule has 2 aromatic carbocycles. The van der Waals surface area contributed by atoms with Crippen LogP contribution in [0.3, 0.4) is 0 Å². The zero-order chi connectivity index (χ0) is 14.3. The van der Waals surface area contributed by atoms with Crippen LogP contribution in [0.4, 0.5) is 0 Å². The molecular formula is C15H12BrNO3. The second-order valence-corrected chi connectivity index (χ2v) is 5.59. The molecular weight excluding hydrogens is 322 g/mol. The van der Waals surface area contributed by atoms with Gasteiger partial charge >= 0.3 is 5.76 Å². The highest BCUT2D eigenvalue weighted by molar-refractivity contribution is 9.10. The number of aromatic amines is 1. The van der Waals surface area contributed by atoms with Crippen molar-refractivity contribution in [1.82, 2.24) is 4.98 Å². The molecule has 0 spiro atoms. The molecule has 102 valence electrons. The number of halogens is 1. The number of benzene rings is 2. The topological polar surface area (TPSA) is 66.2 Å². The minimum Gasteiger partial charge on any atom is -0.408 e. The number of aryl methyl sites for hydroxylation is 1. The van der Waals surface area contributed by atoms with Gasteiger partial charge in [0.2, 0.25) is 0 Å². The van der Waals surface area contributed by atoms with Gasteiger partial charge in [0.05, 0.1) is 5.52 Å². The van der Waals surface area contributed by atoms with Crippen LogP contribution >= 0.6 is 15.9 Å². The predicted molar refractivity (Wildman–Crippen MR) is 79.8 cm³/mol. The van der Waals surface area contributed by atoms with E-state index in [9.17, 15) is 9.90 Å². The lowest BCUT2D eigenvalue weighted by Gasteiger charge is -2.14. The van der Waals surface area contributed by atoms with E-state index in [2.05, 4.69) is 20.9 Å². The van der Waals surface area contributed by atoms with Crippen LogP contribution in [0.2, 0.25) is 0 Å². The summed E-state index contributed by atoms with van der Waals surface area (Å²) in [6.07, 6.45) is -0.767. The Morgan fingerprint density at radius 3 is 2.85 bits per heavy atom. The molecule has 0 saturated carbocycles. The maximum absolute atomic E-state index is 11.1. The van der Waals surface area contributed by atoms with Gasteiger partial charge in [-0.2, -0.15) is 0 Å². The first kappa shape index (κ1) is 13.1. The van der Waals surface area contributed by atoms with E-state index in [1.807, 2.05) is 25.1 Å². The first-order chi connectivity index (χ1) is 9.54. The summed E-state index contributed by atoms with van der Waals surface area (Å²) >= 11 is 3.40. The third kappa shape index (κ3) is 2.30. The average molecular weight is 334 g/mol. The molecule has 5 heteroatoms. The molecule has 3 aromatic rings. The third-order valence-electron chi connectivity index (χ3n) is 3.30. The minimum atomic E-state index is -0.767. The second-order valence-electron chi connectivity index (χ2n) is 4.67. The Balaban J connectivity index is 2.09. The second kappa shape index (κ2) is 4.92. The average Bonchev–Trinajstić information content (AvgIpc) is 2.79. The fourth-order valence-electron chi connectivity index (χ4n) is 2.22. The maximum Gasteiger partial charge on any atom is 0.417 e. The predicted octanol–water partition coefficient (Wildman–Crippen LogP) is 3.27. The Hall–Kier alpha value is -1.85. The molecule has 1 heterocycles. The van der Waals surface area contributed by atoms with Crippen molar-refractivity contribution >= 4 is 27.0 Å². The van der Waals surface area contributed by atoms with Crippen LogP contribution in [0, 0.1) is 6.92 Å². The van der Waals surface area contributed by atoms with Crippen LogP contribution < -0.4 is 5.76 Å². The van der Waals surface area contributed by atoms with E-state index < -0.39 is 11.9 Å². The fourth-order valence-corrected chi connectivity index (χ4v) is 2.60. The molecule has 20 heavy (non-hydrogen) atoms. The molecule has 0 radical (unpaired) electrons. The van der Waals surface area contributed by atoms with Crippen molar-refractivity contribution in [3.05, 3.63) is 68.1 Å². The highest BCUT2D eigenvalue weighted by Crippen LogP contribution is 2.28. The molecule has 0 bridgehead atoms. The van der Waals surface area contributed by atoms with Crippen molar-refractivity contribution in [3.63, 3.8) is 0 Å². The summed E-state index contributed by atoms with van der Waals surface area (Å²) in [5.41, 5.74) is 3.56. The largest absolute Gasteiger partial charge is 0.417 e.